The topological polar surface area (TPSA) is 26.0 Å². The maximum absolute atomic E-state index is 13.4. The Bertz CT molecular complexity index is 327. The minimum absolute atomic E-state index is 0.185. The van der Waals surface area contributed by atoms with E-state index in [-0.39, 0.29) is 5.82 Å². The zero-order valence-corrected chi connectivity index (χ0v) is 9.89. The summed E-state index contributed by atoms with van der Waals surface area (Å²) in [5.74, 6) is 0.571. The smallest absolute Gasteiger partial charge is 0.126 e. The van der Waals surface area contributed by atoms with Crippen LogP contribution in [0.25, 0.3) is 0 Å². The summed E-state index contributed by atoms with van der Waals surface area (Å²) in [5.41, 5.74) is 6.25. The number of nitrogens with two attached hydrogens (primary N) is 1. The fraction of sp³-hybridized carbons (Fsp3) is 0.500. The van der Waals surface area contributed by atoms with E-state index in [9.17, 15) is 4.39 Å². The van der Waals surface area contributed by atoms with Gasteiger partial charge in [-0.05, 0) is 48.6 Å². The lowest BCUT2D eigenvalue weighted by Gasteiger charge is -2.18. The molecule has 1 aromatic rings. The fourth-order valence-electron chi connectivity index (χ4n) is 1.48. The molecule has 84 valence electrons. The van der Waals surface area contributed by atoms with Gasteiger partial charge in [0.15, 0.2) is 0 Å². The molecule has 15 heavy (non-hydrogen) atoms. The summed E-state index contributed by atoms with van der Waals surface area (Å²) in [6.07, 6.45) is 0.685. The average Bonchev–Trinajstić information content (AvgIpc) is 2.22. The second kappa shape index (κ2) is 5.47. The predicted octanol–water partition coefficient (Wildman–Crippen LogP) is 3.25. The Kier molecular flexibility index (Phi) is 4.55. The number of rotatable bonds is 4. The van der Waals surface area contributed by atoms with Crippen LogP contribution in [-0.2, 0) is 6.42 Å². The first-order chi connectivity index (χ1) is 7.04. The Morgan fingerprint density at radius 3 is 2.60 bits per heavy atom. The third-order valence-corrected chi connectivity index (χ3v) is 3.13. The molecule has 0 fully saturated rings. The lowest BCUT2D eigenvalue weighted by atomic mass is 9.89. The first-order valence-corrected chi connectivity index (χ1v) is 5.56. The Morgan fingerprint density at radius 2 is 2.00 bits per heavy atom. The monoisotopic (exact) mass is 229 g/mol. The van der Waals surface area contributed by atoms with Gasteiger partial charge in [0.25, 0.3) is 0 Å². The summed E-state index contributed by atoms with van der Waals surface area (Å²) in [6, 6.07) is 4.67. The van der Waals surface area contributed by atoms with Crippen molar-refractivity contribution in [1.29, 1.82) is 0 Å². The highest BCUT2D eigenvalue weighted by Gasteiger charge is 2.13. The van der Waals surface area contributed by atoms with Crippen molar-refractivity contribution in [3.8, 4) is 0 Å². The normalized spacial score (nSPS) is 15.0. The molecular weight excluding hydrogens is 213 g/mol. The lowest BCUT2D eigenvalue weighted by Crippen LogP contribution is -2.20. The zero-order valence-electron chi connectivity index (χ0n) is 9.13. The van der Waals surface area contributed by atoms with Crippen LogP contribution in [0, 0.1) is 17.7 Å². The van der Waals surface area contributed by atoms with Crippen LogP contribution >= 0.6 is 11.6 Å². The van der Waals surface area contributed by atoms with E-state index in [0.717, 1.165) is 0 Å². The molecule has 2 N–H and O–H groups in total. The van der Waals surface area contributed by atoms with E-state index in [2.05, 4.69) is 13.8 Å². The molecule has 0 amide bonds. The van der Waals surface area contributed by atoms with Crippen LogP contribution in [0.4, 0.5) is 4.39 Å². The molecule has 0 aliphatic carbocycles. The van der Waals surface area contributed by atoms with Gasteiger partial charge in [0.05, 0.1) is 0 Å². The second-order valence-electron chi connectivity index (χ2n) is 4.13. The average molecular weight is 230 g/mol. The van der Waals surface area contributed by atoms with Crippen LogP contribution in [-0.4, -0.2) is 6.54 Å². The largest absolute Gasteiger partial charge is 0.330 e. The second-order valence-corrected chi connectivity index (χ2v) is 4.57. The third-order valence-electron chi connectivity index (χ3n) is 2.89. The SMILES string of the molecule is CC(CN)C(C)Cc1cc(Cl)ccc1F. The highest BCUT2D eigenvalue weighted by Crippen LogP contribution is 2.21. The van der Waals surface area contributed by atoms with Crippen molar-refractivity contribution in [2.45, 2.75) is 20.3 Å². The molecule has 0 aliphatic heterocycles. The molecular formula is C12H17ClFN. The molecule has 1 rings (SSSR count). The minimum atomic E-state index is -0.185. The van der Waals surface area contributed by atoms with Crippen LogP contribution < -0.4 is 5.73 Å². The van der Waals surface area contributed by atoms with Gasteiger partial charge >= 0.3 is 0 Å². The van der Waals surface area contributed by atoms with Crippen molar-refractivity contribution in [2.75, 3.05) is 6.54 Å². The summed E-state index contributed by atoms with van der Waals surface area (Å²) >= 11 is 5.82. The van der Waals surface area contributed by atoms with Crippen molar-refractivity contribution < 1.29 is 4.39 Å². The maximum atomic E-state index is 13.4. The van der Waals surface area contributed by atoms with Gasteiger partial charge in [-0.1, -0.05) is 25.4 Å². The molecule has 1 nitrogen and oxygen atoms in total. The van der Waals surface area contributed by atoms with Crippen molar-refractivity contribution in [2.24, 2.45) is 17.6 Å². The molecule has 0 saturated heterocycles. The van der Waals surface area contributed by atoms with Crippen molar-refractivity contribution >= 4 is 11.6 Å². The van der Waals surface area contributed by atoms with Gasteiger partial charge < -0.3 is 5.73 Å². The number of halogens is 2. The van der Waals surface area contributed by atoms with E-state index in [0.29, 0.717) is 35.4 Å². The van der Waals surface area contributed by atoms with Crippen LogP contribution in [0.2, 0.25) is 5.02 Å². The van der Waals surface area contributed by atoms with Gasteiger partial charge in [0.2, 0.25) is 0 Å². The quantitative estimate of drug-likeness (QED) is 0.843. The van der Waals surface area contributed by atoms with Crippen LogP contribution in [0.15, 0.2) is 18.2 Å². The molecule has 2 atom stereocenters. The van der Waals surface area contributed by atoms with Gasteiger partial charge in [-0.25, -0.2) is 4.39 Å². The highest BCUT2D eigenvalue weighted by molar-refractivity contribution is 6.30. The van der Waals surface area contributed by atoms with E-state index >= 15 is 0 Å². The lowest BCUT2D eigenvalue weighted by molar-refractivity contribution is 0.389. The molecule has 0 aromatic heterocycles. The standard InChI is InChI=1S/C12H17ClFN/c1-8(9(2)7-15)5-10-6-11(13)3-4-12(10)14/h3-4,6,8-9H,5,7,15H2,1-2H3. The van der Waals surface area contributed by atoms with Gasteiger partial charge in [-0.3, -0.25) is 0 Å². The Hall–Kier alpha value is -0.600. The summed E-state index contributed by atoms with van der Waals surface area (Å²) < 4.78 is 13.4. The van der Waals surface area contributed by atoms with Gasteiger partial charge in [-0.15, -0.1) is 0 Å². The van der Waals surface area contributed by atoms with Crippen molar-refractivity contribution in [3.63, 3.8) is 0 Å². The molecule has 2 unspecified atom stereocenters. The molecule has 0 bridgehead atoms. The van der Waals surface area contributed by atoms with Crippen molar-refractivity contribution in [3.05, 3.63) is 34.6 Å². The summed E-state index contributed by atoms with van der Waals surface area (Å²) in [7, 11) is 0. The van der Waals surface area contributed by atoms with E-state index in [1.165, 1.54) is 6.07 Å². The van der Waals surface area contributed by atoms with Gasteiger partial charge in [0.1, 0.15) is 5.82 Å². The molecule has 1 aromatic carbocycles. The van der Waals surface area contributed by atoms with Crippen molar-refractivity contribution in [1.82, 2.24) is 0 Å². The summed E-state index contributed by atoms with van der Waals surface area (Å²) in [4.78, 5) is 0. The first kappa shape index (κ1) is 12.5. The Labute approximate surface area is 95.4 Å². The molecule has 0 radical (unpaired) electrons. The Morgan fingerprint density at radius 1 is 1.33 bits per heavy atom. The molecule has 3 heteroatoms. The predicted molar refractivity (Wildman–Crippen MR) is 62.5 cm³/mol. The molecule has 0 spiro atoms. The molecule has 0 saturated carbocycles. The fourth-order valence-corrected chi connectivity index (χ4v) is 1.67. The van der Waals surface area contributed by atoms with Gasteiger partial charge in [0, 0.05) is 5.02 Å². The van der Waals surface area contributed by atoms with E-state index in [1.54, 1.807) is 12.1 Å². The zero-order chi connectivity index (χ0) is 11.4. The Balaban J connectivity index is 2.75. The number of hydrogen-bond donors (Lipinski definition) is 1. The van der Waals surface area contributed by atoms with Crippen LogP contribution in [0.3, 0.4) is 0 Å². The van der Waals surface area contributed by atoms with E-state index < -0.39 is 0 Å². The summed E-state index contributed by atoms with van der Waals surface area (Å²) in [5, 5.41) is 0.582. The molecule has 0 aliphatic rings. The number of benzene rings is 1. The van der Waals surface area contributed by atoms with Gasteiger partial charge in [-0.2, -0.15) is 0 Å². The van der Waals surface area contributed by atoms with Crippen LogP contribution in [0.1, 0.15) is 19.4 Å². The number of hydrogen-bond acceptors (Lipinski definition) is 1. The van der Waals surface area contributed by atoms with E-state index in [4.69, 9.17) is 17.3 Å². The summed E-state index contributed by atoms with van der Waals surface area (Å²) in [6.45, 7) is 4.79. The highest BCUT2D eigenvalue weighted by atomic mass is 35.5. The first-order valence-electron chi connectivity index (χ1n) is 5.18. The molecule has 0 heterocycles. The van der Waals surface area contributed by atoms with Crippen LogP contribution in [0.5, 0.6) is 0 Å². The minimum Gasteiger partial charge on any atom is -0.330 e. The third kappa shape index (κ3) is 3.47. The maximum Gasteiger partial charge on any atom is 0.126 e. The van der Waals surface area contributed by atoms with E-state index in [1.807, 2.05) is 0 Å².